The molecule has 1 spiro atoms. The first-order chi connectivity index (χ1) is 13.0. The fourth-order valence-electron chi connectivity index (χ4n) is 4.90. The number of carbonyl (C=O) groups is 3. The van der Waals surface area contributed by atoms with Gasteiger partial charge in [0.15, 0.2) is 0 Å². The maximum Gasteiger partial charge on any atom is 0.250 e. The van der Waals surface area contributed by atoms with Crippen molar-refractivity contribution in [1.82, 2.24) is 10.2 Å². The third kappa shape index (κ3) is 2.01. The van der Waals surface area contributed by atoms with Crippen molar-refractivity contribution in [3.63, 3.8) is 0 Å². The number of nitrogens with one attached hydrogen (secondary N) is 2. The molecule has 2 aromatic rings. The lowest BCUT2D eigenvalue weighted by Gasteiger charge is -2.29. The number of amides is 3. The summed E-state index contributed by atoms with van der Waals surface area (Å²) in [7, 11) is 0. The summed E-state index contributed by atoms with van der Waals surface area (Å²) < 4.78 is 0. The number of benzene rings is 2. The van der Waals surface area contributed by atoms with Crippen LogP contribution >= 0.6 is 0 Å². The molecule has 6 nitrogen and oxygen atoms in total. The Bertz CT molecular complexity index is 974. The van der Waals surface area contributed by atoms with Gasteiger partial charge in [-0.3, -0.25) is 24.6 Å². The first-order valence-corrected chi connectivity index (χ1v) is 9.12. The number of para-hydroxylation sites is 1. The highest BCUT2D eigenvalue weighted by atomic mass is 16.2. The van der Waals surface area contributed by atoms with Gasteiger partial charge in [-0.1, -0.05) is 48.5 Å². The van der Waals surface area contributed by atoms with Crippen LogP contribution in [0.15, 0.2) is 54.6 Å². The average molecular weight is 361 g/mol. The first-order valence-electron chi connectivity index (χ1n) is 9.12. The molecule has 3 aliphatic heterocycles. The van der Waals surface area contributed by atoms with Crippen molar-refractivity contribution >= 4 is 23.4 Å². The minimum absolute atomic E-state index is 0.206. The second-order valence-electron chi connectivity index (χ2n) is 7.49. The van der Waals surface area contributed by atoms with E-state index in [1.807, 2.05) is 61.5 Å². The van der Waals surface area contributed by atoms with Crippen LogP contribution in [0, 0.1) is 11.8 Å². The van der Waals surface area contributed by atoms with Crippen LogP contribution in [-0.2, 0) is 26.5 Å². The quantitative estimate of drug-likeness (QED) is 0.797. The van der Waals surface area contributed by atoms with Crippen molar-refractivity contribution < 1.29 is 14.4 Å². The molecule has 0 saturated carbocycles. The largest absolute Gasteiger partial charge is 0.324 e. The summed E-state index contributed by atoms with van der Waals surface area (Å²) >= 11 is 0. The van der Waals surface area contributed by atoms with E-state index >= 15 is 0 Å². The van der Waals surface area contributed by atoms with Crippen LogP contribution in [0.2, 0.25) is 0 Å². The van der Waals surface area contributed by atoms with Gasteiger partial charge in [-0.05, 0) is 18.6 Å². The standard InChI is InChI=1S/C21H19N3O3/c1-12-16-17(19(26)24(18(16)25)11-13-7-3-2-4-8-13)21(23-12)14-9-5-6-10-15(14)22-20(21)27/h2-10,12,16-17,23H,11H2,1H3,(H,22,27)/t12-,16+,17+,21-/m0/s1. The molecule has 3 amide bonds. The van der Waals surface area contributed by atoms with E-state index in [4.69, 9.17) is 0 Å². The van der Waals surface area contributed by atoms with Crippen LogP contribution in [0.5, 0.6) is 0 Å². The Hall–Kier alpha value is -2.99. The summed E-state index contributed by atoms with van der Waals surface area (Å²) in [6, 6.07) is 16.5. The van der Waals surface area contributed by atoms with Crippen molar-refractivity contribution in [1.29, 1.82) is 0 Å². The molecule has 2 saturated heterocycles. The Labute approximate surface area is 156 Å². The molecular weight excluding hydrogens is 342 g/mol. The first kappa shape index (κ1) is 16.2. The van der Waals surface area contributed by atoms with Gasteiger partial charge in [0.25, 0.3) is 0 Å². The summed E-state index contributed by atoms with van der Waals surface area (Å²) in [5.74, 6) is -2.02. The molecule has 2 fully saturated rings. The monoisotopic (exact) mass is 361 g/mol. The maximum atomic E-state index is 13.3. The number of likely N-dealkylation sites (tertiary alicyclic amines) is 1. The zero-order valence-electron chi connectivity index (χ0n) is 14.8. The Kier molecular flexibility index (Phi) is 3.30. The van der Waals surface area contributed by atoms with Gasteiger partial charge in [-0.15, -0.1) is 0 Å². The molecule has 0 unspecified atom stereocenters. The number of fused-ring (bicyclic) bond motifs is 4. The number of hydrogen-bond donors (Lipinski definition) is 2. The van der Waals surface area contributed by atoms with Gasteiger partial charge >= 0.3 is 0 Å². The van der Waals surface area contributed by atoms with Crippen LogP contribution in [0.25, 0.3) is 0 Å². The summed E-state index contributed by atoms with van der Waals surface area (Å²) in [6.45, 7) is 2.11. The molecule has 5 rings (SSSR count). The number of hydrogen-bond acceptors (Lipinski definition) is 4. The number of nitrogens with zero attached hydrogens (tertiary/aromatic N) is 1. The second-order valence-corrected chi connectivity index (χ2v) is 7.49. The summed E-state index contributed by atoms with van der Waals surface area (Å²) in [5, 5.41) is 6.18. The zero-order chi connectivity index (χ0) is 18.8. The summed E-state index contributed by atoms with van der Waals surface area (Å²) in [6.07, 6.45) is 0. The highest BCUT2D eigenvalue weighted by Gasteiger charge is 2.69. The predicted molar refractivity (Wildman–Crippen MR) is 98.3 cm³/mol. The maximum absolute atomic E-state index is 13.3. The van der Waals surface area contributed by atoms with Gasteiger partial charge in [0, 0.05) is 17.3 Å². The van der Waals surface area contributed by atoms with Crippen molar-refractivity contribution in [2.45, 2.75) is 25.0 Å². The van der Waals surface area contributed by atoms with Gasteiger partial charge in [-0.2, -0.15) is 0 Å². The number of carbonyl (C=O) groups excluding carboxylic acids is 3. The normalized spacial score (nSPS) is 31.4. The predicted octanol–water partition coefficient (Wildman–Crippen LogP) is 1.63. The van der Waals surface area contributed by atoms with E-state index in [9.17, 15) is 14.4 Å². The fourth-order valence-corrected chi connectivity index (χ4v) is 4.90. The van der Waals surface area contributed by atoms with Crippen molar-refractivity contribution in [3.8, 4) is 0 Å². The van der Waals surface area contributed by atoms with Crippen molar-refractivity contribution in [2.75, 3.05) is 5.32 Å². The number of rotatable bonds is 2. The minimum Gasteiger partial charge on any atom is -0.324 e. The van der Waals surface area contributed by atoms with E-state index in [0.717, 1.165) is 11.1 Å². The van der Waals surface area contributed by atoms with Gasteiger partial charge in [-0.25, -0.2) is 0 Å². The highest BCUT2D eigenvalue weighted by molar-refractivity contribution is 6.15. The minimum atomic E-state index is -1.18. The lowest BCUT2D eigenvalue weighted by Crippen LogP contribution is -2.52. The van der Waals surface area contributed by atoms with Crippen LogP contribution in [0.4, 0.5) is 5.69 Å². The average Bonchev–Trinajstić information content (AvgIpc) is 3.23. The lowest BCUT2D eigenvalue weighted by atomic mass is 9.76. The van der Waals surface area contributed by atoms with Crippen molar-refractivity contribution in [2.24, 2.45) is 11.8 Å². The molecule has 3 aliphatic rings. The molecule has 136 valence electrons. The molecule has 0 aromatic heterocycles. The Morgan fingerprint density at radius 1 is 0.963 bits per heavy atom. The van der Waals surface area contributed by atoms with Crippen LogP contribution in [-0.4, -0.2) is 28.7 Å². The molecule has 2 aromatic carbocycles. The fraction of sp³-hybridized carbons (Fsp3) is 0.286. The van der Waals surface area contributed by atoms with Crippen LogP contribution in [0.3, 0.4) is 0 Å². The van der Waals surface area contributed by atoms with E-state index in [1.165, 1.54) is 4.90 Å². The third-order valence-electron chi connectivity index (χ3n) is 6.04. The zero-order valence-corrected chi connectivity index (χ0v) is 14.8. The van der Waals surface area contributed by atoms with E-state index in [-0.39, 0.29) is 30.3 Å². The molecule has 0 radical (unpaired) electrons. The lowest BCUT2D eigenvalue weighted by molar-refractivity contribution is -0.143. The van der Waals surface area contributed by atoms with Crippen LogP contribution < -0.4 is 10.6 Å². The van der Waals surface area contributed by atoms with Crippen molar-refractivity contribution in [3.05, 3.63) is 65.7 Å². The van der Waals surface area contributed by atoms with Gasteiger partial charge in [0.2, 0.25) is 17.7 Å². The molecule has 27 heavy (non-hydrogen) atoms. The van der Waals surface area contributed by atoms with Crippen LogP contribution in [0.1, 0.15) is 18.1 Å². The highest BCUT2D eigenvalue weighted by Crippen LogP contribution is 2.52. The number of anilines is 1. The second kappa shape index (κ2) is 5.50. The Balaban J connectivity index is 1.59. The molecule has 0 aliphatic carbocycles. The molecule has 2 N–H and O–H groups in total. The van der Waals surface area contributed by atoms with Gasteiger partial charge in [0.05, 0.1) is 18.4 Å². The third-order valence-corrected chi connectivity index (χ3v) is 6.04. The van der Waals surface area contributed by atoms with E-state index < -0.39 is 17.4 Å². The Morgan fingerprint density at radius 2 is 1.67 bits per heavy atom. The topological polar surface area (TPSA) is 78.5 Å². The van der Waals surface area contributed by atoms with Gasteiger partial charge in [0.1, 0.15) is 5.54 Å². The summed E-state index contributed by atoms with van der Waals surface area (Å²) in [4.78, 5) is 40.8. The van der Waals surface area contributed by atoms with E-state index in [2.05, 4.69) is 10.6 Å². The number of imide groups is 1. The summed E-state index contributed by atoms with van der Waals surface area (Å²) in [5.41, 5.74) is 1.16. The molecular formula is C21H19N3O3. The molecule has 3 heterocycles. The Morgan fingerprint density at radius 3 is 2.44 bits per heavy atom. The SMILES string of the molecule is C[C@@H]1N[C@]2(C(=O)Nc3ccccc32)[C@H]2C(=O)N(Cc3ccccc3)C(=O)[C@H]12. The van der Waals surface area contributed by atoms with E-state index in [1.54, 1.807) is 0 Å². The molecule has 6 heteroatoms. The molecule has 4 atom stereocenters. The van der Waals surface area contributed by atoms with E-state index in [0.29, 0.717) is 5.69 Å². The molecule has 0 bridgehead atoms. The van der Waals surface area contributed by atoms with Gasteiger partial charge < -0.3 is 5.32 Å². The smallest absolute Gasteiger partial charge is 0.250 e.